The van der Waals surface area contributed by atoms with Crippen molar-refractivity contribution in [3.8, 4) is 0 Å². The molecule has 0 atom stereocenters. The van der Waals surface area contributed by atoms with Gasteiger partial charge in [-0.2, -0.15) is 0 Å². The number of hydrogen-bond donors (Lipinski definition) is 0. The van der Waals surface area contributed by atoms with Crippen molar-refractivity contribution in [2.75, 3.05) is 4.90 Å². The Morgan fingerprint density at radius 2 is 1.83 bits per heavy atom. The predicted octanol–water partition coefficient (Wildman–Crippen LogP) is 4.48. The summed E-state index contributed by atoms with van der Waals surface area (Å²) in [4.78, 5) is 34.7. The summed E-state index contributed by atoms with van der Waals surface area (Å²) in [7, 11) is 0. The van der Waals surface area contributed by atoms with Gasteiger partial charge in [0.2, 0.25) is 11.8 Å². The number of anilines is 2. The highest BCUT2D eigenvalue weighted by molar-refractivity contribution is 7.14. The van der Waals surface area contributed by atoms with Crippen molar-refractivity contribution in [2.24, 2.45) is 4.99 Å². The van der Waals surface area contributed by atoms with Gasteiger partial charge in [-0.05, 0) is 37.3 Å². The highest BCUT2D eigenvalue weighted by Crippen LogP contribution is 2.30. The summed E-state index contributed by atoms with van der Waals surface area (Å²) >= 11 is 1.31. The lowest BCUT2D eigenvalue weighted by Crippen LogP contribution is -2.22. The van der Waals surface area contributed by atoms with Gasteiger partial charge in [0.15, 0.2) is 10.8 Å². The molecular weight excluding hydrogens is 386 g/mol. The lowest BCUT2D eigenvalue weighted by molar-refractivity contribution is -0.130. The van der Waals surface area contributed by atoms with E-state index in [4.69, 9.17) is 4.74 Å². The van der Waals surface area contributed by atoms with Crippen molar-refractivity contribution in [1.29, 1.82) is 0 Å². The zero-order valence-corrected chi connectivity index (χ0v) is 16.6. The molecule has 0 radical (unpaired) electrons. The highest BCUT2D eigenvalue weighted by Gasteiger charge is 2.25. The first-order chi connectivity index (χ1) is 14.0. The lowest BCUT2D eigenvalue weighted by atomic mass is 10.1. The Balaban J connectivity index is 1.62. The Kier molecular flexibility index (Phi) is 5.05. The van der Waals surface area contributed by atoms with Crippen LogP contribution in [0, 0.1) is 6.92 Å². The number of benzene rings is 2. The Morgan fingerprint density at radius 3 is 2.52 bits per heavy atom. The second-order valence-electron chi connectivity index (χ2n) is 6.45. The monoisotopic (exact) mass is 403 g/mol. The summed E-state index contributed by atoms with van der Waals surface area (Å²) in [6, 6.07) is 16.9. The molecule has 2 aromatic carbocycles. The smallest absolute Gasteiger partial charge is 0.363 e. The van der Waals surface area contributed by atoms with Crippen molar-refractivity contribution in [3.05, 3.63) is 82.5 Å². The number of cyclic esters (lactones) is 1. The molecular formula is C22H17N3O3S. The predicted molar refractivity (Wildman–Crippen MR) is 113 cm³/mol. The molecule has 0 spiro atoms. The number of thiazole rings is 1. The largest absolute Gasteiger partial charge is 0.402 e. The molecule has 2 heterocycles. The van der Waals surface area contributed by atoms with Crippen molar-refractivity contribution in [2.45, 2.75) is 13.8 Å². The Morgan fingerprint density at radius 1 is 1.10 bits per heavy atom. The van der Waals surface area contributed by atoms with Crippen molar-refractivity contribution in [1.82, 2.24) is 4.98 Å². The van der Waals surface area contributed by atoms with Crippen molar-refractivity contribution in [3.63, 3.8) is 0 Å². The number of aliphatic imine (C=N–C) groups is 1. The van der Waals surface area contributed by atoms with E-state index in [9.17, 15) is 9.59 Å². The summed E-state index contributed by atoms with van der Waals surface area (Å²) in [5.41, 5.74) is 3.28. The first-order valence-electron chi connectivity index (χ1n) is 8.92. The van der Waals surface area contributed by atoms with Gasteiger partial charge >= 0.3 is 5.97 Å². The standard InChI is InChI=1S/C22H17N3O3S/c1-14-8-10-16(11-9-14)20-24-19(21(27)28-20)12-17-13-29-22(23-17)25(15(2)26)18-6-4-3-5-7-18/h3-13H,1-2H3. The summed E-state index contributed by atoms with van der Waals surface area (Å²) in [5.74, 6) is -0.405. The van der Waals surface area contributed by atoms with Gasteiger partial charge in [0.1, 0.15) is 0 Å². The van der Waals surface area contributed by atoms with Gasteiger partial charge in [0.25, 0.3) is 0 Å². The fraction of sp³-hybridized carbons (Fsp3) is 0.0909. The molecule has 0 N–H and O–H groups in total. The Labute approximate surface area is 171 Å². The number of aromatic nitrogens is 1. The average Bonchev–Trinajstić information content (AvgIpc) is 3.30. The fourth-order valence-corrected chi connectivity index (χ4v) is 3.66. The number of rotatable bonds is 4. The van der Waals surface area contributed by atoms with E-state index in [2.05, 4.69) is 9.98 Å². The molecule has 29 heavy (non-hydrogen) atoms. The minimum Gasteiger partial charge on any atom is -0.402 e. The number of carbonyl (C=O) groups is 2. The molecule has 0 aliphatic carbocycles. The van der Waals surface area contributed by atoms with E-state index < -0.39 is 5.97 Å². The second-order valence-corrected chi connectivity index (χ2v) is 7.28. The molecule has 4 rings (SSSR count). The van der Waals surface area contributed by atoms with Gasteiger partial charge in [0, 0.05) is 17.9 Å². The molecule has 0 fully saturated rings. The number of carbonyl (C=O) groups excluding carboxylic acids is 2. The summed E-state index contributed by atoms with van der Waals surface area (Å²) in [6.07, 6.45) is 1.56. The summed E-state index contributed by atoms with van der Waals surface area (Å²) in [5, 5.41) is 2.29. The van der Waals surface area contributed by atoms with E-state index in [1.807, 2.05) is 61.5 Å². The SMILES string of the molecule is CC(=O)N(c1ccccc1)c1nc(C=C2N=C(c3ccc(C)cc3)OC2=O)cs1. The van der Waals surface area contributed by atoms with E-state index in [1.165, 1.54) is 23.2 Å². The fourth-order valence-electron chi connectivity index (χ4n) is 2.82. The molecule has 0 saturated heterocycles. The molecule has 1 amide bonds. The number of nitrogens with zero attached hydrogens (tertiary/aromatic N) is 3. The molecule has 6 nitrogen and oxygen atoms in total. The minimum absolute atomic E-state index is 0.148. The van der Waals surface area contributed by atoms with Crippen LogP contribution in [-0.2, 0) is 14.3 Å². The number of ether oxygens (including phenoxy) is 1. The summed E-state index contributed by atoms with van der Waals surface area (Å²) in [6.45, 7) is 3.47. The van der Waals surface area contributed by atoms with Crippen molar-refractivity contribution < 1.29 is 14.3 Å². The summed E-state index contributed by atoms with van der Waals surface area (Å²) < 4.78 is 5.29. The molecule has 3 aromatic rings. The molecule has 1 aliphatic rings. The number of amides is 1. The van der Waals surface area contributed by atoms with Crippen molar-refractivity contribution >= 4 is 46.0 Å². The topological polar surface area (TPSA) is 71.9 Å². The van der Waals surface area contributed by atoms with Crippen LogP contribution in [0.2, 0.25) is 0 Å². The molecule has 1 aromatic heterocycles. The molecule has 7 heteroatoms. The minimum atomic E-state index is -0.526. The normalized spacial score (nSPS) is 14.6. The third-order valence-electron chi connectivity index (χ3n) is 4.23. The maximum Gasteiger partial charge on any atom is 0.363 e. The Hall–Kier alpha value is -3.58. The van der Waals surface area contributed by atoms with Gasteiger partial charge in [0.05, 0.1) is 11.4 Å². The number of para-hydroxylation sites is 1. The zero-order valence-electron chi connectivity index (χ0n) is 15.8. The zero-order chi connectivity index (χ0) is 20.4. The molecule has 0 bridgehead atoms. The first-order valence-corrected chi connectivity index (χ1v) is 9.80. The highest BCUT2D eigenvalue weighted by atomic mass is 32.1. The van der Waals surface area contributed by atoms with Gasteiger partial charge < -0.3 is 4.74 Å². The van der Waals surface area contributed by atoms with E-state index in [0.29, 0.717) is 10.8 Å². The van der Waals surface area contributed by atoms with Gasteiger partial charge in [-0.25, -0.2) is 14.8 Å². The first kappa shape index (κ1) is 18.8. The van der Waals surface area contributed by atoms with Crippen LogP contribution in [0.15, 0.2) is 70.7 Å². The van der Waals surface area contributed by atoms with Crippen LogP contribution in [0.1, 0.15) is 23.7 Å². The van der Waals surface area contributed by atoms with E-state index in [0.717, 1.165) is 16.8 Å². The lowest BCUT2D eigenvalue weighted by Gasteiger charge is -2.17. The number of hydrogen-bond acceptors (Lipinski definition) is 6. The van der Waals surface area contributed by atoms with Gasteiger partial charge in [-0.15, -0.1) is 11.3 Å². The molecule has 144 valence electrons. The quantitative estimate of drug-likeness (QED) is 0.476. The third kappa shape index (κ3) is 4.00. The van der Waals surface area contributed by atoms with Crippen LogP contribution in [0.5, 0.6) is 0 Å². The van der Waals surface area contributed by atoms with Crippen LogP contribution in [0.25, 0.3) is 6.08 Å². The molecule has 0 saturated carbocycles. The Bertz CT molecular complexity index is 1130. The number of esters is 1. The molecule has 1 aliphatic heterocycles. The van der Waals surface area contributed by atoms with Crippen LogP contribution >= 0.6 is 11.3 Å². The maximum atomic E-state index is 12.2. The second kappa shape index (κ2) is 7.81. The maximum absolute atomic E-state index is 12.2. The van der Waals surface area contributed by atoms with E-state index >= 15 is 0 Å². The van der Waals surface area contributed by atoms with Crippen LogP contribution in [-0.4, -0.2) is 22.8 Å². The van der Waals surface area contributed by atoms with Gasteiger partial charge in [-0.1, -0.05) is 35.9 Å². The molecule has 0 unspecified atom stereocenters. The van der Waals surface area contributed by atoms with Crippen LogP contribution in [0.3, 0.4) is 0 Å². The van der Waals surface area contributed by atoms with E-state index in [1.54, 1.807) is 11.5 Å². The van der Waals surface area contributed by atoms with Crippen LogP contribution in [0.4, 0.5) is 10.8 Å². The third-order valence-corrected chi connectivity index (χ3v) is 5.08. The van der Waals surface area contributed by atoms with E-state index in [-0.39, 0.29) is 17.5 Å². The van der Waals surface area contributed by atoms with Gasteiger partial charge in [-0.3, -0.25) is 9.69 Å². The van der Waals surface area contributed by atoms with Crippen LogP contribution < -0.4 is 4.90 Å². The number of aryl methyl sites for hydroxylation is 1. The average molecular weight is 403 g/mol.